The number of aromatic nitrogens is 3. The monoisotopic (exact) mass is 302 g/mol. The lowest BCUT2D eigenvalue weighted by atomic mass is 10.0. The molecule has 1 fully saturated rings. The van der Waals surface area contributed by atoms with Crippen molar-refractivity contribution >= 4 is 22.4 Å². The summed E-state index contributed by atoms with van der Waals surface area (Å²) in [6.45, 7) is 0. The summed E-state index contributed by atoms with van der Waals surface area (Å²) in [7, 11) is 0. The van der Waals surface area contributed by atoms with Gasteiger partial charge in [0.25, 0.3) is 0 Å². The molecule has 0 aliphatic heterocycles. The van der Waals surface area contributed by atoms with Gasteiger partial charge in [-0.25, -0.2) is 0 Å². The molecule has 5 nitrogen and oxygen atoms in total. The number of hydrogen-bond acceptors (Lipinski definition) is 5. The number of nitrogens with one attached hydrogen (secondary N) is 1. The van der Waals surface area contributed by atoms with E-state index in [2.05, 4.69) is 20.5 Å². The number of carbonyl (C=O) groups is 1. The van der Waals surface area contributed by atoms with Crippen LogP contribution in [0.3, 0.4) is 0 Å². The average Bonchev–Trinajstić information content (AvgIpc) is 3.17. The van der Waals surface area contributed by atoms with Gasteiger partial charge in [0.2, 0.25) is 11.0 Å². The summed E-state index contributed by atoms with van der Waals surface area (Å²) in [4.78, 5) is 15.9. The third-order valence-corrected chi connectivity index (χ3v) is 4.74. The zero-order valence-corrected chi connectivity index (χ0v) is 12.6. The van der Waals surface area contributed by atoms with Gasteiger partial charge in [-0.2, -0.15) is 0 Å². The second kappa shape index (κ2) is 6.76. The summed E-state index contributed by atoms with van der Waals surface area (Å²) in [5.41, 5.74) is 0.967. The normalized spacial score (nSPS) is 15.2. The van der Waals surface area contributed by atoms with Gasteiger partial charge in [-0.3, -0.25) is 9.78 Å². The minimum Gasteiger partial charge on any atom is -0.301 e. The molecule has 2 aromatic heterocycles. The molecule has 0 radical (unpaired) electrons. The van der Waals surface area contributed by atoms with Crippen LogP contribution in [-0.4, -0.2) is 21.1 Å². The molecule has 1 amide bonds. The molecule has 0 saturated heterocycles. The van der Waals surface area contributed by atoms with Crippen molar-refractivity contribution in [3.63, 3.8) is 0 Å². The SMILES string of the molecule is O=C(CCC1CCCC1)Nc1nnc(-c2ccncc2)s1. The van der Waals surface area contributed by atoms with Gasteiger partial charge in [-0.05, 0) is 24.5 Å². The van der Waals surface area contributed by atoms with E-state index in [1.807, 2.05) is 12.1 Å². The van der Waals surface area contributed by atoms with Gasteiger partial charge in [-0.15, -0.1) is 10.2 Å². The third kappa shape index (κ3) is 3.85. The molecule has 0 bridgehead atoms. The van der Waals surface area contributed by atoms with Gasteiger partial charge in [0.05, 0.1) is 0 Å². The Morgan fingerprint density at radius 2 is 2.00 bits per heavy atom. The zero-order chi connectivity index (χ0) is 14.5. The molecule has 1 saturated carbocycles. The van der Waals surface area contributed by atoms with Crippen molar-refractivity contribution in [1.29, 1.82) is 0 Å². The Balaban J connectivity index is 1.53. The van der Waals surface area contributed by atoms with Gasteiger partial charge in [-0.1, -0.05) is 37.0 Å². The van der Waals surface area contributed by atoms with E-state index in [4.69, 9.17) is 0 Å². The first-order valence-electron chi connectivity index (χ1n) is 7.35. The Kier molecular flexibility index (Phi) is 4.55. The highest BCUT2D eigenvalue weighted by Gasteiger charge is 2.17. The van der Waals surface area contributed by atoms with Crippen LogP contribution in [0.5, 0.6) is 0 Å². The highest BCUT2D eigenvalue weighted by molar-refractivity contribution is 7.18. The van der Waals surface area contributed by atoms with Crippen molar-refractivity contribution < 1.29 is 4.79 Å². The molecule has 0 spiro atoms. The van der Waals surface area contributed by atoms with E-state index in [0.29, 0.717) is 11.6 Å². The summed E-state index contributed by atoms with van der Waals surface area (Å²) in [5.74, 6) is 0.775. The van der Waals surface area contributed by atoms with E-state index in [9.17, 15) is 4.79 Å². The van der Waals surface area contributed by atoms with E-state index >= 15 is 0 Å². The fourth-order valence-corrected chi connectivity index (χ4v) is 3.47. The Bertz CT molecular complexity index is 593. The molecule has 0 atom stereocenters. The van der Waals surface area contributed by atoms with Crippen LogP contribution in [0, 0.1) is 5.92 Å². The predicted octanol–water partition coefficient (Wildman–Crippen LogP) is 3.51. The van der Waals surface area contributed by atoms with Gasteiger partial charge >= 0.3 is 0 Å². The molecule has 110 valence electrons. The highest BCUT2D eigenvalue weighted by Crippen LogP contribution is 2.29. The summed E-state index contributed by atoms with van der Waals surface area (Å²) < 4.78 is 0. The largest absolute Gasteiger partial charge is 0.301 e. The van der Waals surface area contributed by atoms with Crippen LogP contribution in [0.1, 0.15) is 38.5 Å². The molecular formula is C15H18N4OS. The second-order valence-electron chi connectivity index (χ2n) is 5.39. The smallest absolute Gasteiger partial charge is 0.226 e. The number of pyridine rings is 1. The van der Waals surface area contributed by atoms with Crippen LogP contribution in [0.15, 0.2) is 24.5 Å². The molecule has 21 heavy (non-hydrogen) atoms. The zero-order valence-electron chi connectivity index (χ0n) is 11.8. The molecule has 3 rings (SSSR count). The molecule has 2 aromatic rings. The lowest BCUT2D eigenvalue weighted by molar-refractivity contribution is -0.116. The molecule has 1 aliphatic rings. The molecule has 6 heteroatoms. The quantitative estimate of drug-likeness (QED) is 0.917. The minimum absolute atomic E-state index is 0.0410. The van der Waals surface area contributed by atoms with Crippen LogP contribution in [0.4, 0.5) is 5.13 Å². The minimum atomic E-state index is 0.0410. The van der Waals surface area contributed by atoms with Crippen molar-refractivity contribution in [3.05, 3.63) is 24.5 Å². The van der Waals surface area contributed by atoms with Crippen molar-refractivity contribution in [2.45, 2.75) is 38.5 Å². The number of amides is 1. The van der Waals surface area contributed by atoms with Crippen molar-refractivity contribution in [1.82, 2.24) is 15.2 Å². The van der Waals surface area contributed by atoms with Crippen LogP contribution in [-0.2, 0) is 4.79 Å². The van der Waals surface area contributed by atoms with Crippen LogP contribution >= 0.6 is 11.3 Å². The third-order valence-electron chi connectivity index (χ3n) is 3.85. The summed E-state index contributed by atoms with van der Waals surface area (Å²) in [6, 6.07) is 3.76. The first-order chi connectivity index (χ1) is 10.3. The summed E-state index contributed by atoms with van der Waals surface area (Å²) in [5, 5.41) is 12.3. The van der Waals surface area contributed by atoms with Gasteiger partial charge in [0, 0.05) is 24.4 Å². The Labute approximate surface area is 127 Å². The number of carbonyl (C=O) groups excluding carboxylic acids is 1. The van der Waals surface area contributed by atoms with Gasteiger partial charge in [0.15, 0.2) is 0 Å². The standard InChI is InChI=1S/C15H18N4OS/c20-13(6-5-11-3-1-2-4-11)17-15-19-18-14(21-15)12-7-9-16-10-8-12/h7-11H,1-6H2,(H,17,19,20). The molecule has 0 aromatic carbocycles. The lowest BCUT2D eigenvalue weighted by Crippen LogP contribution is -2.12. The Hall–Kier alpha value is -1.82. The molecule has 1 aliphatic carbocycles. The van der Waals surface area contributed by atoms with Gasteiger partial charge in [0.1, 0.15) is 5.01 Å². The van der Waals surface area contributed by atoms with E-state index in [0.717, 1.165) is 22.9 Å². The first kappa shape index (κ1) is 14.1. The number of hydrogen-bond donors (Lipinski definition) is 1. The van der Waals surface area contributed by atoms with E-state index < -0.39 is 0 Å². The maximum absolute atomic E-state index is 11.9. The maximum atomic E-state index is 11.9. The van der Waals surface area contributed by atoms with Gasteiger partial charge < -0.3 is 5.32 Å². The van der Waals surface area contributed by atoms with Crippen LogP contribution in [0.25, 0.3) is 10.6 Å². The first-order valence-corrected chi connectivity index (χ1v) is 8.16. The molecular weight excluding hydrogens is 284 g/mol. The Morgan fingerprint density at radius 3 is 2.76 bits per heavy atom. The Morgan fingerprint density at radius 1 is 1.24 bits per heavy atom. The number of nitrogens with zero attached hydrogens (tertiary/aromatic N) is 3. The number of anilines is 1. The van der Waals surface area contributed by atoms with E-state index in [1.165, 1.54) is 37.0 Å². The topological polar surface area (TPSA) is 67.8 Å². The highest BCUT2D eigenvalue weighted by atomic mass is 32.1. The fraction of sp³-hybridized carbons (Fsp3) is 0.467. The van der Waals surface area contributed by atoms with Crippen molar-refractivity contribution in [2.24, 2.45) is 5.92 Å². The molecule has 2 heterocycles. The van der Waals surface area contributed by atoms with E-state index in [-0.39, 0.29) is 5.91 Å². The fourth-order valence-electron chi connectivity index (χ4n) is 2.70. The summed E-state index contributed by atoms with van der Waals surface area (Å²) in [6.07, 6.45) is 10.2. The van der Waals surface area contributed by atoms with Crippen molar-refractivity contribution in [2.75, 3.05) is 5.32 Å². The second-order valence-corrected chi connectivity index (χ2v) is 6.36. The van der Waals surface area contributed by atoms with Crippen molar-refractivity contribution in [3.8, 4) is 10.6 Å². The average molecular weight is 302 g/mol. The molecule has 1 N–H and O–H groups in total. The predicted molar refractivity (Wildman–Crippen MR) is 83.0 cm³/mol. The molecule has 0 unspecified atom stereocenters. The summed E-state index contributed by atoms with van der Waals surface area (Å²) >= 11 is 1.39. The lowest BCUT2D eigenvalue weighted by Gasteiger charge is -2.07. The van der Waals surface area contributed by atoms with E-state index in [1.54, 1.807) is 12.4 Å². The van der Waals surface area contributed by atoms with Crippen LogP contribution in [0.2, 0.25) is 0 Å². The maximum Gasteiger partial charge on any atom is 0.226 e. The number of rotatable bonds is 5. The van der Waals surface area contributed by atoms with Crippen LogP contribution < -0.4 is 5.32 Å².